The summed E-state index contributed by atoms with van der Waals surface area (Å²) in [5, 5.41) is 7.02. The number of thiophene rings is 2. The van der Waals surface area contributed by atoms with Crippen LogP contribution in [0.2, 0.25) is 0 Å². The fourth-order valence-corrected chi connectivity index (χ4v) is 5.59. The van der Waals surface area contributed by atoms with E-state index in [2.05, 4.69) is 10.3 Å². The summed E-state index contributed by atoms with van der Waals surface area (Å²) in [6, 6.07) is 9.71. The van der Waals surface area contributed by atoms with Crippen LogP contribution in [-0.2, 0) is 21.4 Å². The van der Waals surface area contributed by atoms with Crippen molar-refractivity contribution in [1.29, 1.82) is 0 Å². The Balaban J connectivity index is 1.55. The van der Waals surface area contributed by atoms with Crippen molar-refractivity contribution in [2.75, 3.05) is 19.4 Å². The van der Waals surface area contributed by atoms with Gasteiger partial charge in [0.25, 0.3) is 5.56 Å². The van der Waals surface area contributed by atoms with Gasteiger partial charge in [-0.25, -0.2) is 17.7 Å². The Kier molecular flexibility index (Phi) is 5.75. The van der Waals surface area contributed by atoms with E-state index in [4.69, 9.17) is 0 Å². The lowest BCUT2D eigenvalue weighted by Crippen LogP contribution is -2.27. The third-order valence-electron chi connectivity index (χ3n) is 4.58. The molecule has 3 heterocycles. The van der Waals surface area contributed by atoms with Gasteiger partial charge in [0.1, 0.15) is 11.4 Å². The number of fused-ring (bicyclic) bond motifs is 1. The second-order valence-electron chi connectivity index (χ2n) is 6.84. The van der Waals surface area contributed by atoms with Crippen LogP contribution in [0.3, 0.4) is 0 Å². The number of hydrogen-bond donors (Lipinski definition) is 1. The monoisotopic (exact) mass is 474 g/mol. The highest BCUT2D eigenvalue weighted by Crippen LogP contribution is 2.33. The van der Waals surface area contributed by atoms with Crippen LogP contribution in [0, 0.1) is 0 Å². The molecule has 4 aromatic rings. The Hall–Kier alpha value is -2.86. The number of carbonyl (C=O) groups excluding carboxylic acids is 1. The van der Waals surface area contributed by atoms with Crippen LogP contribution in [0.4, 0.5) is 5.69 Å². The van der Waals surface area contributed by atoms with E-state index in [9.17, 15) is 18.0 Å². The minimum atomic E-state index is -3.55. The SMILES string of the molecule is CN(C)S(=O)(=O)c1ccc(NC(=O)Cn2cnc3scc(-c4cccs4)c3c2=O)cc1. The van der Waals surface area contributed by atoms with E-state index >= 15 is 0 Å². The Bertz CT molecular complexity index is 1400. The number of nitrogens with one attached hydrogen (secondary N) is 1. The van der Waals surface area contributed by atoms with E-state index in [-0.39, 0.29) is 17.0 Å². The van der Waals surface area contributed by atoms with E-state index in [0.717, 1.165) is 14.7 Å². The van der Waals surface area contributed by atoms with Crippen molar-refractivity contribution in [2.45, 2.75) is 11.4 Å². The first-order valence-electron chi connectivity index (χ1n) is 9.10. The molecule has 1 aromatic carbocycles. The number of benzene rings is 1. The Morgan fingerprint density at radius 2 is 1.90 bits per heavy atom. The largest absolute Gasteiger partial charge is 0.325 e. The average Bonchev–Trinajstić information content (AvgIpc) is 3.40. The number of carbonyl (C=O) groups is 1. The van der Waals surface area contributed by atoms with Crippen LogP contribution in [0.25, 0.3) is 20.7 Å². The minimum Gasteiger partial charge on any atom is -0.325 e. The third-order valence-corrected chi connectivity index (χ3v) is 8.20. The lowest BCUT2D eigenvalue weighted by atomic mass is 10.2. The summed E-state index contributed by atoms with van der Waals surface area (Å²) in [6.45, 7) is -0.209. The molecule has 3 aromatic heterocycles. The smallest absolute Gasteiger partial charge is 0.263 e. The summed E-state index contributed by atoms with van der Waals surface area (Å²) in [7, 11) is -0.647. The molecule has 0 atom stereocenters. The Labute approximate surface area is 186 Å². The first-order chi connectivity index (χ1) is 14.8. The predicted molar refractivity (Wildman–Crippen MR) is 123 cm³/mol. The van der Waals surface area contributed by atoms with E-state index < -0.39 is 15.9 Å². The lowest BCUT2D eigenvalue weighted by molar-refractivity contribution is -0.116. The maximum atomic E-state index is 13.0. The molecule has 8 nitrogen and oxygen atoms in total. The molecule has 0 unspecified atom stereocenters. The fourth-order valence-electron chi connectivity index (χ4n) is 2.97. The van der Waals surface area contributed by atoms with E-state index in [1.165, 1.54) is 71.9 Å². The van der Waals surface area contributed by atoms with Crippen LogP contribution < -0.4 is 10.9 Å². The van der Waals surface area contributed by atoms with Crippen LogP contribution >= 0.6 is 22.7 Å². The summed E-state index contributed by atoms with van der Waals surface area (Å²) in [5.41, 5.74) is 0.969. The number of hydrogen-bond acceptors (Lipinski definition) is 7. The molecule has 4 rings (SSSR count). The molecule has 160 valence electrons. The van der Waals surface area contributed by atoms with Crippen molar-refractivity contribution >= 4 is 54.5 Å². The molecule has 0 bridgehead atoms. The van der Waals surface area contributed by atoms with Gasteiger partial charge >= 0.3 is 0 Å². The normalized spacial score (nSPS) is 11.8. The maximum Gasteiger partial charge on any atom is 0.263 e. The van der Waals surface area contributed by atoms with Gasteiger partial charge in [-0.2, -0.15) is 0 Å². The highest BCUT2D eigenvalue weighted by molar-refractivity contribution is 7.89. The molecular weight excluding hydrogens is 456 g/mol. The van der Waals surface area contributed by atoms with Crippen LogP contribution in [-0.4, -0.2) is 42.3 Å². The molecule has 0 fully saturated rings. The highest BCUT2D eigenvalue weighted by atomic mass is 32.2. The summed E-state index contributed by atoms with van der Waals surface area (Å²) in [6.07, 6.45) is 1.37. The molecule has 1 N–H and O–H groups in total. The Morgan fingerprint density at radius 3 is 2.55 bits per heavy atom. The van der Waals surface area contributed by atoms with E-state index in [1.807, 2.05) is 22.9 Å². The van der Waals surface area contributed by atoms with Crippen LogP contribution in [0.15, 0.2) is 63.2 Å². The quantitative estimate of drug-likeness (QED) is 0.463. The van der Waals surface area contributed by atoms with Gasteiger partial charge < -0.3 is 5.32 Å². The number of rotatable bonds is 6. The summed E-state index contributed by atoms with van der Waals surface area (Å²) in [5.74, 6) is -0.417. The zero-order valence-corrected chi connectivity index (χ0v) is 19.1. The predicted octanol–water partition coefficient (Wildman–Crippen LogP) is 3.08. The van der Waals surface area contributed by atoms with Gasteiger partial charge in [0.05, 0.1) is 16.6 Å². The first kappa shape index (κ1) is 21.4. The third kappa shape index (κ3) is 4.17. The van der Waals surface area contributed by atoms with Crippen molar-refractivity contribution in [2.24, 2.45) is 0 Å². The van der Waals surface area contributed by atoms with Crippen LogP contribution in [0.1, 0.15) is 0 Å². The van der Waals surface area contributed by atoms with E-state index in [0.29, 0.717) is 15.9 Å². The number of nitrogens with zero attached hydrogens (tertiary/aromatic N) is 3. The topological polar surface area (TPSA) is 101 Å². The number of anilines is 1. The lowest BCUT2D eigenvalue weighted by Gasteiger charge is -2.12. The molecule has 0 radical (unpaired) electrons. The molecular formula is C20H18N4O4S3. The van der Waals surface area contributed by atoms with Crippen molar-refractivity contribution in [3.8, 4) is 10.4 Å². The summed E-state index contributed by atoms with van der Waals surface area (Å²) < 4.78 is 26.7. The van der Waals surface area contributed by atoms with Crippen molar-refractivity contribution < 1.29 is 13.2 Å². The summed E-state index contributed by atoms with van der Waals surface area (Å²) in [4.78, 5) is 31.5. The second-order valence-corrected chi connectivity index (χ2v) is 10.8. The molecule has 11 heteroatoms. The van der Waals surface area contributed by atoms with Gasteiger partial charge in [-0.05, 0) is 35.7 Å². The second kappa shape index (κ2) is 8.35. The van der Waals surface area contributed by atoms with Crippen LogP contribution in [0.5, 0.6) is 0 Å². The van der Waals surface area contributed by atoms with Gasteiger partial charge in [0, 0.05) is 35.6 Å². The zero-order valence-electron chi connectivity index (χ0n) is 16.6. The first-order valence-corrected chi connectivity index (χ1v) is 12.3. The summed E-state index contributed by atoms with van der Waals surface area (Å²) >= 11 is 2.93. The number of amides is 1. The van der Waals surface area contributed by atoms with Gasteiger partial charge in [0.2, 0.25) is 15.9 Å². The molecule has 0 aliphatic rings. The average molecular weight is 475 g/mol. The molecule has 0 saturated heterocycles. The molecule has 0 saturated carbocycles. The fraction of sp³-hybridized carbons (Fsp3) is 0.150. The minimum absolute atomic E-state index is 0.125. The number of sulfonamides is 1. The van der Waals surface area contributed by atoms with Gasteiger partial charge in [-0.15, -0.1) is 22.7 Å². The van der Waals surface area contributed by atoms with Gasteiger partial charge in [0.15, 0.2) is 0 Å². The molecule has 1 amide bonds. The standard InChI is InChI=1S/C20H18N4O4S3/c1-23(2)31(27,28)14-7-5-13(6-8-14)22-17(25)10-24-12-21-19-18(20(24)26)15(11-30-19)16-4-3-9-29-16/h3-9,11-12H,10H2,1-2H3,(H,22,25). The Morgan fingerprint density at radius 1 is 1.16 bits per heavy atom. The number of aromatic nitrogens is 2. The van der Waals surface area contributed by atoms with E-state index in [1.54, 1.807) is 0 Å². The van der Waals surface area contributed by atoms with Gasteiger partial charge in [-0.3, -0.25) is 14.2 Å². The molecule has 31 heavy (non-hydrogen) atoms. The van der Waals surface area contributed by atoms with Crippen molar-refractivity contribution in [1.82, 2.24) is 13.9 Å². The highest BCUT2D eigenvalue weighted by Gasteiger charge is 2.18. The molecule has 0 aliphatic heterocycles. The zero-order chi connectivity index (χ0) is 22.2. The molecule has 0 aliphatic carbocycles. The maximum absolute atomic E-state index is 13.0. The van der Waals surface area contributed by atoms with Gasteiger partial charge in [-0.1, -0.05) is 6.07 Å². The van der Waals surface area contributed by atoms with Crippen molar-refractivity contribution in [3.63, 3.8) is 0 Å². The van der Waals surface area contributed by atoms with Crippen molar-refractivity contribution in [3.05, 3.63) is 63.8 Å². The molecule has 0 spiro atoms.